The number of benzene rings is 1. The Morgan fingerprint density at radius 2 is 2.29 bits per heavy atom. The van der Waals surface area contributed by atoms with Gasteiger partial charge in [0.25, 0.3) is 0 Å². The van der Waals surface area contributed by atoms with Gasteiger partial charge in [0, 0.05) is 4.47 Å². The van der Waals surface area contributed by atoms with Gasteiger partial charge in [0.2, 0.25) is 0 Å². The highest BCUT2D eigenvalue weighted by molar-refractivity contribution is 9.10. The summed E-state index contributed by atoms with van der Waals surface area (Å²) in [7, 11) is 0. The zero-order chi connectivity index (χ0) is 10.6. The van der Waals surface area contributed by atoms with Gasteiger partial charge in [-0.3, -0.25) is 0 Å². The molecule has 0 unspecified atom stereocenters. The summed E-state index contributed by atoms with van der Waals surface area (Å²) in [5.41, 5.74) is 2.02. The van der Waals surface area contributed by atoms with E-state index in [1.165, 1.54) is 0 Å². The minimum Gasteiger partial charge on any atom is -0.392 e. The van der Waals surface area contributed by atoms with Gasteiger partial charge < -0.3 is 5.11 Å². The molecule has 1 N–H and O–H groups in total. The van der Waals surface area contributed by atoms with E-state index in [0.717, 1.165) is 22.0 Å². The maximum Gasteiger partial charge on any atom is 0.0644 e. The molecule has 0 aliphatic rings. The third-order valence-corrected chi connectivity index (χ3v) is 3.20. The fourth-order valence-corrected chi connectivity index (χ4v) is 1.53. The van der Waals surface area contributed by atoms with Crippen LogP contribution in [0.25, 0.3) is 6.08 Å². The van der Waals surface area contributed by atoms with Crippen LogP contribution in [-0.4, -0.2) is 11.7 Å². The molecule has 0 aliphatic heterocycles. The molecule has 14 heavy (non-hydrogen) atoms. The third kappa shape index (κ3) is 3.12. The first-order valence-corrected chi connectivity index (χ1v) is 5.59. The standard InChI is InChI=1S/C11H12BrClO/c1-2-8(7-14)5-9-3-4-10(12)11(13)6-9/h3-6,14H,2,7H2,1H3/b8-5-. The summed E-state index contributed by atoms with van der Waals surface area (Å²) in [6.07, 6.45) is 2.81. The largest absolute Gasteiger partial charge is 0.392 e. The van der Waals surface area contributed by atoms with Crippen molar-refractivity contribution in [1.29, 1.82) is 0 Å². The first-order valence-electron chi connectivity index (χ1n) is 4.42. The molecule has 0 aliphatic carbocycles. The molecule has 0 fully saturated rings. The Kier molecular flexibility index (Phi) is 4.66. The molecular weight excluding hydrogens is 263 g/mol. The first kappa shape index (κ1) is 11.8. The fraction of sp³-hybridized carbons (Fsp3) is 0.273. The predicted molar refractivity (Wildman–Crippen MR) is 64.5 cm³/mol. The zero-order valence-corrected chi connectivity index (χ0v) is 10.3. The van der Waals surface area contributed by atoms with E-state index in [1.807, 2.05) is 31.2 Å². The molecule has 0 heterocycles. The Labute approximate surface area is 97.5 Å². The van der Waals surface area contributed by atoms with Crippen LogP contribution in [-0.2, 0) is 0 Å². The van der Waals surface area contributed by atoms with Crippen molar-refractivity contribution in [3.63, 3.8) is 0 Å². The summed E-state index contributed by atoms with van der Waals surface area (Å²) in [6.45, 7) is 2.12. The Bertz CT molecular complexity index is 341. The lowest BCUT2D eigenvalue weighted by atomic mass is 10.1. The van der Waals surface area contributed by atoms with Crippen molar-refractivity contribution in [1.82, 2.24) is 0 Å². The van der Waals surface area contributed by atoms with E-state index < -0.39 is 0 Å². The van der Waals surface area contributed by atoms with Gasteiger partial charge in [-0.1, -0.05) is 30.7 Å². The van der Waals surface area contributed by atoms with Gasteiger partial charge in [0.15, 0.2) is 0 Å². The molecule has 1 rings (SSSR count). The van der Waals surface area contributed by atoms with Gasteiger partial charge in [0.1, 0.15) is 0 Å². The van der Waals surface area contributed by atoms with Crippen LogP contribution >= 0.6 is 27.5 Å². The molecule has 1 aromatic carbocycles. The summed E-state index contributed by atoms with van der Waals surface area (Å²) < 4.78 is 0.887. The quantitative estimate of drug-likeness (QED) is 0.887. The van der Waals surface area contributed by atoms with Crippen molar-refractivity contribution < 1.29 is 5.11 Å². The minimum absolute atomic E-state index is 0.101. The molecule has 0 aromatic heterocycles. The van der Waals surface area contributed by atoms with Crippen molar-refractivity contribution in [3.05, 3.63) is 38.8 Å². The molecule has 76 valence electrons. The van der Waals surface area contributed by atoms with E-state index in [9.17, 15) is 0 Å². The summed E-state index contributed by atoms with van der Waals surface area (Å²) >= 11 is 9.27. The van der Waals surface area contributed by atoms with Crippen LogP contribution < -0.4 is 0 Å². The van der Waals surface area contributed by atoms with Crippen LogP contribution in [0.3, 0.4) is 0 Å². The molecule has 0 spiro atoms. The van der Waals surface area contributed by atoms with Crippen LogP contribution in [0.5, 0.6) is 0 Å². The lowest BCUT2D eigenvalue weighted by molar-refractivity contribution is 0.329. The Morgan fingerprint density at radius 1 is 1.57 bits per heavy atom. The topological polar surface area (TPSA) is 20.2 Å². The van der Waals surface area contributed by atoms with Crippen LogP contribution in [0, 0.1) is 0 Å². The molecule has 0 saturated heterocycles. The van der Waals surface area contributed by atoms with Gasteiger partial charge in [0.05, 0.1) is 11.6 Å². The SMILES string of the molecule is CC/C(=C/c1ccc(Br)c(Cl)c1)CO. The molecule has 0 bridgehead atoms. The second-order valence-electron chi connectivity index (χ2n) is 2.99. The van der Waals surface area contributed by atoms with E-state index in [1.54, 1.807) is 0 Å². The highest BCUT2D eigenvalue weighted by Gasteiger charge is 1.98. The molecule has 0 atom stereocenters. The second kappa shape index (κ2) is 5.54. The Hall–Kier alpha value is -0.310. The molecule has 1 nitrogen and oxygen atoms in total. The normalized spacial score (nSPS) is 11.9. The van der Waals surface area contributed by atoms with E-state index in [4.69, 9.17) is 16.7 Å². The van der Waals surface area contributed by atoms with Gasteiger partial charge in [-0.2, -0.15) is 0 Å². The van der Waals surface area contributed by atoms with Crippen LogP contribution in [0.2, 0.25) is 5.02 Å². The third-order valence-electron chi connectivity index (χ3n) is 1.97. The van der Waals surface area contributed by atoms with Gasteiger partial charge in [-0.05, 0) is 45.6 Å². The fourth-order valence-electron chi connectivity index (χ4n) is 1.10. The van der Waals surface area contributed by atoms with Crippen molar-refractivity contribution in [2.75, 3.05) is 6.61 Å². The molecule has 0 amide bonds. The molecule has 3 heteroatoms. The second-order valence-corrected chi connectivity index (χ2v) is 4.25. The maximum atomic E-state index is 9.00. The van der Waals surface area contributed by atoms with Crippen molar-refractivity contribution in [2.45, 2.75) is 13.3 Å². The Morgan fingerprint density at radius 3 is 2.79 bits per heavy atom. The van der Waals surface area contributed by atoms with Crippen LogP contribution in [0.1, 0.15) is 18.9 Å². The van der Waals surface area contributed by atoms with E-state index in [-0.39, 0.29) is 6.61 Å². The zero-order valence-electron chi connectivity index (χ0n) is 7.93. The van der Waals surface area contributed by atoms with E-state index >= 15 is 0 Å². The van der Waals surface area contributed by atoms with Crippen molar-refractivity contribution in [3.8, 4) is 0 Å². The number of rotatable bonds is 3. The smallest absolute Gasteiger partial charge is 0.0644 e. The lowest BCUT2D eigenvalue weighted by Crippen LogP contribution is -1.87. The lowest BCUT2D eigenvalue weighted by Gasteiger charge is -2.01. The van der Waals surface area contributed by atoms with Gasteiger partial charge in [-0.25, -0.2) is 0 Å². The number of aliphatic hydroxyl groups excluding tert-OH is 1. The summed E-state index contributed by atoms with van der Waals surface area (Å²) in [5, 5.41) is 9.69. The number of hydrogen-bond acceptors (Lipinski definition) is 1. The van der Waals surface area contributed by atoms with Gasteiger partial charge in [-0.15, -0.1) is 0 Å². The molecule has 1 aromatic rings. The summed E-state index contributed by atoms with van der Waals surface area (Å²) in [5.74, 6) is 0. The highest BCUT2D eigenvalue weighted by Crippen LogP contribution is 2.24. The molecule has 0 saturated carbocycles. The summed E-state index contributed by atoms with van der Waals surface area (Å²) in [4.78, 5) is 0. The number of hydrogen-bond donors (Lipinski definition) is 1. The van der Waals surface area contributed by atoms with Gasteiger partial charge >= 0.3 is 0 Å². The number of aliphatic hydroxyl groups is 1. The van der Waals surface area contributed by atoms with Crippen LogP contribution in [0.4, 0.5) is 0 Å². The number of halogens is 2. The van der Waals surface area contributed by atoms with Crippen molar-refractivity contribution in [2.24, 2.45) is 0 Å². The maximum absolute atomic E-state index is 9.00. The average molecular weight is 276 g/mol. The Balaban J connectivity index is 2.97. The van der Waals surface area contributed by atoms with E-state index in [0.29, 0.717) is 5.02 Å². The minimum atomic E-state index is 0.101. The van der Waals surface area contributed by atoms with E-state index in [2.05, 4.69) is 15.9 Å². The predicted octanol–water partition coefficient (Wildman–Crippen LogP) is 3.89. The first-order chi connectivity index (χ1) is 6.67. The average Bonchev–Trinajstić information content (AvgIpc) is 2.19. The van der Waals surface area contributed by atoms with Crippen molar-refractivity contribution >= 4 is 33.6 Å². The molecule has 0 radical (unpaired) electrons. The summed E-state index contributed by atoms with van der Waals surface area (Å²) in [6, 6.07) is 5.73. The monoisotopic (exact) mass is 274 g/mol. The highest BCUT2D eigenvalue weighted by atomic mass is 79.9. The molecular formula is C11H12BrClO. The van der Waals surface area contributed by atoms with Crippen LogP contribution in [0.15, 0.2) is 28.2 Å².